The second kappa shape index (κ2) is 2.72. The van der Waals surface area contributed by atoms with Gasteiger partial charge in [-0.05, 0) is 31.6 Å². The van der Waals surface area contributed by atoms with Crippen LogP contribution in [0.1, 0.15) is 18.6 Å². The molecule has 5 nitrogen and oxygen atoms in total. The smallest absolute Gasteiger partial charge is 0.301 e. The zero-order valence-corrected chi connectivity index (χ0v) is 9.51. The summed E-state index contributed by atoms with van der Waals surface area (Å²) in [7, 11) is 0. The molecule has 17 heavy (non-hydrogen) atoms. The minimum Gasteiger partial charge on any atom is -0.429 e. The van der Waals surface area contributed by atoms with Gasteiger partial charge >= 0.3 is 6.01 Å². The molecule has 0 aliphatic heterocycles. The number of anilines is 1. The number of rotatable bonds is 2. The van der Waals surface area contributed by atoms with Gasteiger partial charge in [0.1, 0.15) is 5.76 Å². The summed E-state index contributed by atoms with van der Waals surface area (Å²) in [5.74, 6) is 1.57. The Labute approximate surface area is 98.2 Å². The van der Waals surface area contributed by atoms with Crippen molar-refractivity contribution in [3.8, 4) is 0 Å². The number of carbonyl (C=O) groups is 1. The number of carbonyl (C=O) groups excluding carboxylic acids is 1. The predicted octanol–water partition coefficient (Wildman–Crippen LogP) is 0.938. The van der Waals surface area contributed by atoms with Crippen molar-refractivity contribution >= 4 is 11.9 Å². The number of aliphatic hydroxyl groups is 1. The maximum absolute atomic E-state index is 12.2. The molecular weight excluding hydrogens is 220 g/mol. The first-order valence-corrected chi connectivity index (χ1v) is 6.05. The predicted molar refractivity (Wildman–Crippen MR) is 58.0 cm³/mol. The maximum Gasteiger partial charge on any atom is 0.301 e. The fourth-order valence-corrected chi connectivity index (χ4v) is 4.17. The van der Waals surface area contributed by atoms with Gasteiger partial charge in [-0.15, -0.1) is 0 Å². The monoisotopic (exact) mass is 234 g/mol. The van der Waals surface area contributed by atoms with Crippen LogP contribution in [-0.4, -0.2) is 22.1 Å². The van der Waals surface area contributed by atoms with Crippen LogP contribution >= 0.6 is 0 Å². The number of nitrogens with zero attached hydrogens (tertiary/aromatic N) is 1. The van der Waals surface area contributed by atoms with E-state index in [2.05, 4.69) is 10.3 Å². The topological polar surface area (TPSA) is 75.4 Å². The Morgan fingerprint density at radius 1 is 1.71 bits per heavy atom. The van der Waals surface area contributed by atoms with Crippen LogP contribution < -0.4 is 5.32 Å². The van der Waals surface area contributed by atoms with Gasteiger partial charge in [-0.3, -0.25) is 10.1 Å². The van der Waals surface area contributed by atoms with Crippen LogP contribution in [0.25, 0.3) is 0 Å². The van der Waals surface area contributed by atoms with E-state index in [0.29, 0.717) is 17.6 Å². The lowest BCUT2D eigenvalue weighted by atomic mass is 10.0. The molecule has 1 heterocycles. The molecule has 5 atom stereocenters. The number of oxazole rings is 1. The second-order valence-corrected chi connectivity index (χ2v) is 5.59. The Balaban J connectivity index is 1.56. The number of hydrogen-bond donors (Lipinski definition) is 2. The third kappa shape index (κ3) is 0.989. The number of aromatic nitrogens is 1. The summed E-state index contributed by atoms with van der Waals surface area (Å²) >= 11 is 0. The van der Waals surface area contributed by atoms with Gasteiger partial charge in [-0.25, -0.2) is 4.98 Å². The van der Waals surface area contributed by atoms with Gasteiger partial charge in [0.25, 0.3) is 0 Å². The highest BCUT2D eigenvalue weighted by Gasteiger charge is 2.82. The van der Waals surface area contributed by atoms with Crippen molar-refractivity contribution in [2.45, 2.75) is 25.9 Å². The van der Waals surface area contributed by atoms with E-state index in [1.807, 2.05) is 0 Å². The first-order valence-electron chi connectivity index (χ1n) is 6.05. The molecule has 1 unspecified atom stereocenters. The Morgan fingerprint density at radius 2 is 2.53 bits per heavy atom. The fourth-order valence-electron chi connectivity index (χ4n) is 4.17. The number of nitrogens with one attached hydrogen (secondary N) is 1. The molecule has 1 amide bonds. The van der Waals surface area contributed by atoms with Crippen molar-refractivity contribution in [3.63, 3.8) is 0 Å². The largest absolute Gasteiger partial charge is 0.429 e. The number of aryl methyl sites for hydroxylation is 1. The third-order valence-corrected chi connectivity index (χ3v) is 4.85. The Kier molecular flexibility index (Phi) is 1.54. The average Bonchev–Trinajstić information content (AvgIpc) is 2.76. The first kappa shape index (κ1) is 9.65. The highest BCUT2D eigenvalue weighted by Crippen LogP contribution is 2.79. The van der Waals surface area contributed by atoms with E-state index in [1.54, 1.807) is 13.1 Å². The van der Waals surface area contributed by atoms with E-state index in [4.69, 9.17) is 4.42 Å². The quantitative estimate of drug-likeness (QED) is 0.798. The minimum atomic E-state index is -0.313. The van der Waals surface area contributed by atoms with Crippen molar-refractivity contribution in [3.05, 3.63) is 12.0 Å². The van der Waals surface area contributed by atoms with Crippen LogP contribution in [0.2, 0.25) is 0 Å². The summed E-state index contributed by atoms with van der Waals surface area (Å²) in [5, 5.41) is 12.7. The zero-order valence-electron chi connectivity index (χ0n) is 9.51. The summed E-state index contributed by atoms with van der Waals surface area (Å²) < 4.78 is 5.25. The van der Waals surface area contributed by atoms with Gasteiger partial charge in [0.2, 0.25) is 5.91 Å². The minimum absolute atomic E-state index is 0.0200. The SMILES string of the molecule is Cc1cnc(NC(=O)[C@]23C[C@@H]4C[C@@H]2C3[C@H]4O)o1. The number of hydrogen-bond acceptors (Lipinski definition) is 4. The van der Waals surface area contributed by atoms with Gasteiger partial charge in [0.05, 0.1) is 17.7 Å². The van der Waals surface area contributed by atoms with Gasteiger partial charge in [-0.2, -0.15) is 0 Å². The van der Waals surface area contributed by atoms with Crippen molar-refractivity contribution in [1.29, 1.82) is 0 Å². The molecule has 0 saturated heterocycles. The lowest BCUT2D eigenvalue weighted by Crippen LogP contribution is -2.25. The molecule has 4 aliphatic rings. The van der Waals surface area contributed by atoms with Crippen molar-refractivity contribution in [2.75, 3.05) is 5.32 Å². The molecule has 5 rings (SSSR count). The fraction of sp³-hybridized carbons (Fsp3) is 0.667. The number of aliphatic hydroxyl groups excluding tert-OH is 1. The molecule has 4 saturated carbocycles. The Morgan fingerprint density at radius 3 is 3.00 bits per heavy atom. The normalized spacial score (nSPS) is 45.1. The summed E-state index contributed by atoms with van der Waals surface area (Å²) in [6, 6.07) is 0.270. The van der Waals surface area contributed by atoms with E-state index in [9.17, 15) is 9.90 Å². The lowest BCUT2D eigenvalue weighted by molar-refractivity contribution is -0.121. The van der Waals surface area contributed by atoms with E-state index in [0.717, 1.165) is 12.8 Å². The molecule has 1 aromatic rings. The zero-order chi connectivity index (χ0) is 11.8. The van der Waals surface area contributed by atoms with Crippen LogP contribution in [0, 0.1) is 30.1 Å². The van der Waals surface area contributed by atoms with Crippen LogP contribution in [0.15, 0.2) is 10.6 Å². The molecule has 0 radical (unpaired) electrons. The van der Waals surface area contributed by atoms with Crippen LogP contribution in [-0.2, 0) is 4.79 Å². The van der Waals surface area contributed by atoms with E-state index in [-0.39, 0.29) is 29.4 Å². The van der Waals surface area contributed by atoms with Gasteiger partial charge in [0.15, 0.2) is 0 Å². The molecule has 5 heteroatoms. The van der Waals surface area contributed by atoms with Crippen molar-refractivity contribution < 1.29 is 14.3 Å². The third-order valence-electron chi connectivity index (χ3n) is 4.85. The first-order chi connectivity index (χ1) is 8.13. The standard InChI is InChI=1S/C12H14N2O3/c1-5-4-13-11(17-5)14-10(16)12-3-6-2-7(12)8(12)9(6)15/h4,6-9,15H,2-3H2,1H3,(H,13,14,16)/t6-,7+,8?,9-,12+/m0/s1. The lowest BCUT2D eigenvalue weighted by Gasteiger charge is -2.09. The van der Waals surface area contributed by atoms with E-state index >= 15 is 0 Å². The molecule has 1 aromatic heterocycles. The maximum atomic E-state index is 12.2. The molecule has 90 valence electrons. The van der Waals surface area contributed by atoms with Crippen molar-refractivity contribution in [1.82, 2.24) is 4.98 Å². The highest BCUT2D eigenvalue weighted by atomic mass is 16.4. The van der Waals surface area contributed by atoms with Crippen molar-refractivity contribution in [2.24, 2.45) is 23.2 Å². The molecule has 4 bridgehead atoms. The molecule has 0 aromatic carbocycles. The highest BCUT2D eigenvalue weighted by molar-refractivity contribution is 5.97. The summed E-state index contributed by atoms with van der Waals surface area (Å²) in [6.45, 7) is 1.79. The average molecular weight is 234 g/mol. The molecule has 2 N–H and O–H groups in total. The second-order valence-electron chi connectivity index (χ2n) is 5.59. The van der Waals surface area contributed by atoms with Crippen LogP contribution in [0.4, 0.5) is 6.01 Å². The Bertz CT molecular complexity index is 512. The van der Waals surface area contributed by atoms with Crippen LogP contribution in [0.3, 0.4) is 0 Å². The van der Waals surface area contributed by atoms with E-state index < -0.39 is 0 Å². The molecule has 4 fully saturated rings. The molecule has 4 aliphatic carbocycles. The summed E-state index contributed by atoms with van der Waals surface area (Å²) in [4.78, 5) is 16.2. The van der Waals surface area contributed by atoms with Gasteiger partial charge < -0.3 is 9.52 Å². The summed E-state index contributed by atoms with van der Waals surface area (Å²) in [6.07, 6.45) is 3.15. The van der Waals surface area contributed by atoms with Crippen LogP contribution in [0.5, 0.6) is 0 Å². The number of amides is 1. The molecular formula is C12H14N2O3. The van der Waals surface area contributed by atoms with Gasteiger partial charge in [-0.1, -0.05) is 0 Å². The van der Waals surface area contributed by atoms with E-state index in [1.165, 1.54) is 0 Å². The Hall–Kier alpha value is -1.36. The molecule has 0 spiro atoms. The summed E-state index contributed by atoms with van der Waals surface area (Å²) in [5.41, 5.74) is -0.313. The van der Waals surface area contributed by atoms with Gasteiger partial charge in [0, 0.05) is 5.92 Å².